The van der Waals surface area contributed by atoms with Gasteiger partial charge in [0.2, 0.25) is 0 Å². The Hall–Kier alpha value is -9.09. The molecule has 0 N–H and O–H groups in total. The Morgan fingerprint density at radius 2 is 0.671 bits per heavy atom. The molecule has 0 fully saturated rings. The van der Waals surface area contributed by atoms with Crippen LogP contribution in [0.4, 0.5) is 11.4 Å². The first-order chi connectivity index (χ1) is 38.7. The van der Waals surface area contributed by atoms with Crippen LogP contribution < -0.4 is 33.2 Å². The average Bonchev–Trinajstić information content (AvgIpc) is 3.48. The molecule has 0 unspecified atom stereocenters. The molecular formula is C65H65N3O11. The summed E-state index contributed by atoms with van der Waals surface area (Å²) in [5.74, 6) is 0.408. The number of unbranched alkanes of at least 4 members (excludes halogenated alkanes) is 12. The van der Waals surface area contributed by atoms with Crippen LogP contribution in [0.25, 0.3) is 0 Å². The van der Waals surface area contributed by atoms with E-state index in [9.17, 15) is 19.2 Å². The van der Waals surface area contributed by atoms with E-state index >= 15 is 0 Å². The number of ether oxygens (including phenoxy) is 7. The highest BCUT2D eigenvalue weighted by atomic mass is 16.6. The molecule has 7 rings (SSSR count). The van der Waals surface area contributed by atoms with Gasteiger partial charge in [-0.15, -0.1) is 0 Å². The summed E-state index contributed by atoms with van der Waals surface area (Å²) in [5.41, 5.74) is 2.97. The monoisotopic (exact) mass is 1060 g/mol. The largest absolute Gasteiger partial charge is 0.494 e. The van der Waals surface area contributed by atoms with Gasteiger partial charge in [-0.2, -0.15) is 15.5 Å². The van der Waals surface area contributed by atoms with E-state index in [4.69, 9.17) is 38.4 Å². The number of benzene rings is 7. The van der Waals surface area contributed by atoms with Crippen LogP contribution in [0.5, 0.6) is 40.2 Å². The molecule has 0 heterocycles. The van der Waals surface area contributed by atoms with Crippen molar-refractivity contribution in [1.82, 2.24) is 0 Å². The summed E-state index contributed by atoms with van der Waals surface area (Å²) >= 11 is 0. The van der Waals surface area contributed by atoms with Crippen LogP contribution in [-0.2, 0) is 0 Å². The second kappa shape index (κ2) is 31.8. The lowest BCUT2D eigenvalue weighted by Crippen LogP contribution is -2.12. The molecule has 0 spiro atoms. The maximum absolute atomic E-state index is 13.1. The molecule has 0 aliphatic rings. The second-order valence-corrected chi connectivity index (χ2v) is 18.6. The molecule has 14 heteroatoms. The minimum absolute atomic E-state index is 0.116. The second-order valence-electron chi connectivity index (χ2n) is 18.6. The SMILES string of the molecule is CCCCCCCCCCCCOc1ccc(C(=O)Oc2ccc(C(=O)Oc3cccc(C(=O)Oc4ccc(OC(=O)c5ccc(OCCCCCCOc6ccc(N=Nc7ccc(C#N)cc7)cc6)cc5)cc4)c3)cc2)cc1. The third-order valence-electron chi connectivity index (χ3n) is 12.5. The molecule has 7 aromatic carbocycles. The third kappa shape index (κ3) is 20.1. The van der Waals surface area contributed by atoms with Crippen LogP contribution >= 0.6 is 0 Å². The summed E-state index contributed by atoms with van der Waals surface area (Å²) < 4.78 is 39.8. The molecule has 0 bridgehead atoms. The number of rotatable bonds is 31. The van der Waals surface area contributed by atoms with Gasteiger partial charge in [0.1, 0.15) is 40.2 Å². The number of hydrogen-bond donors (Lipinski definition) is 0. The van der Waals surface area contributed by atoms with Crippen molar-refractivity contribution in [2.45, 2.75) is 96.8 Å². The quantitative estimate of drug-likeness (QED) is 0.0174. The molecule has 0 aliphatic carbocycles. The predicted molar refractivity (Wildman–Crippen MR) is 301 cm³/mol. The molecular weight excluding hydrogens is 999 g/mol. The van der Waals surface area contributed by atoms with Gasteiger partial charge in [-0.1, -0.05) is 70.8 Å². The van der Waals surface area contributed by atoms with E-state index in [2.05, 4.69) is 23.2 Å². The Morgan fingerprint density at radius 3 is 1.06 bits per heavy atom. The Kier molecular flexibility index (Phi) is 23.2. The predicted octanol–water partition coefficient (Wildman–Crippen LogP) is 16.2. The first-order valence-corrected chi connectivity index (χ1v) is 27.0. The Bertz CT molecular complexity index is 3080. The Balaban J connectivity index is 0.744. The van der Waals surface area contributed by atoms with E-state index in [0.717, 1.165) is 44.3 Å². The van der Waals surface area contributed by atoms with Crippen molar-refractivity contribution >= 4 is 35.3 Å². The van der Waals surface area contributed by atoms with E-state index in [-0.39, 0.29) is 34.1 Å². The lowest BCUT2D eigenvalue weighted by atomic mass is 10.1. The van der Waals surface area contributed by atoms with Gasteiger partial charge < -0.3 is 33.2 Å². The van der Waals surface area contributed by atoms with Crippen LogP contribution in [0, 0.1) is 11.3 Å². The summed E-state index contributed by atoms with van der Waals surface area (Å²) in [6.07, 6.45) is 16.3. The minimum Gasteiger partial charge on any atom is -0.494 e. The van der Waals surface area contributed by atoms with Gasteiger partial charge in [0.25, 0.3) is 0 Å². The van der Waals surface area contributed by atoms with Crippen LogP contribution in [-0.4, -0.2) is 43.7 Å². The van der Waals surface area contributed by atoms with Crippen LogP contribution in [0.2, 0.25) is 0 Å². The highest BCUT2D eigenvalue weighted by Crippen LogP contribution is 2.25. The van der Waals surface area contributed by atoms with Crippen molar-refractivity contribution in [2.75, 3.05) is 19.8 Å². The van der Waals surface area contributed by atoms with Crippen molar-refractivity contribution in [3.8, 4) is 46.3 Å². The van der Waals surface area contributed by atoms with Crippen LogP contribution in [0.1, 0.15) is 144 Å². The van der Waals surface area contributed by atoms with E-state index in [1.54, 1.807) is 78.9 Å². The maximum atomic E-state index is 13.1. The summed E-state index contributed by atoms with van der Waals surface area (Å²) in [7, 11) is 0. The number of azo groups is 1. The van der Waals surface area contributed by atoms with Gasteiger partial charge in [-0.05, 0) is 196 Å². The molecule has 0 aliphatic heterocycles. The molecule has 0 aromatic heterocycles. The fourth-order valence-electron chi connectivity index (χ4n) is 8.00. The van der Waals surface area contributed by atoms with Gasteiger partial charge in [0, 0.05) is 0 Å². The van der Waals surface area contributed by atoms with E-state index < -0.39 is 23.9 Å². The summed E-state index contributed by atoms with van der Waals surface area (Å²) in [6, 6.07) is 47.9. The molecule has 0 saturated heterocycles. The van der Waals surface area contributed by atoms with Gasteiger partial charge >= 0.3 is 23.9 Å². The molecule has 0 radical (unpaired) electrons. The Labute approximate surface area is 461 Å². The molecule has 7 aromatic rings. The molecule has 0 amide bonds. The highest BCUT2D eigenvalue weighted by Gasteiger charge is 2.16. The van der Waals surface area contributed by atoms with E-state index in [1.807, 2.05) is 24.3 Å². The molecule has 406 valence electrons. The van der Waals surface area contributed by atoms with Gasteiger partial charge in [0.05, 0.1) is 65.1 Å². The van der Waals surface area contributed by atoms with Crippen molar-refractivity contribution < 1.29 is 52.3 Å². The van der Waals surface area contributed by atoms with Crippen molar-refractivity contribution in [3.63, 3.8) is 0 Å². The van der Waals surface area contributed by atoms with Gasteiger partial charge in [-0.3, -0.25) is 0 Å². The van der Waals surface area contributed by atoms with E-state index in [0.29, 0.717) is 59.4 Å². The molecule has 14 nitrogen and oxygen atoms in total. The molecule has 0 atom stereocenters. The highest BCUT2D eigenvalue weighted by molar-refractivity contribution is 5.94. The number of hydrogen-bond acceptors (Lipinski definition) is 14. The zero-order valence-electron chi connectivity index (χ0n) is 44.5. The zero-order valence-corrected chi connectivity index (χ0v) is 44.5. The van der Waals surface area contributed by atoms with Crippen LogP contribution in [0.3, 0.4) is 0 Å². The Morgan fingerprint density at radius 1 is 0.354 bits per heavy atom. The topological polar surface area (TPSA) is 181 Å². The maximum Gasteiger partial charge on any atom is 0.343 e. The van der Waals surface area contributed by atoms with Crippen molar-refractivity contribution in [1.29, 1.82) is 5.26 Å². The van der Waals surface area contributed by atoms with Gasteiger partial charge in [0.15, 0.2) is 0 Å². The normalized spacial score (nSPS) is 10.8. The fourth-order valence-corrected chi connectivity index (χ4v) is 8.00. The smallest absolute Gasteiger partial charge is 0.343 e. The number of esters is 4. The molecule has 79 heavy (non-hydrogen) atoms. The average molecular weight is 1060 g/mol. The third-order valence-corrected chi connectivity index (χ3v) is 12.5. The standard InChI is InChI=1S/C65H65N3O11/c1-2-3-4-5-6-7-8-9-10-13-43-73-55-31-21-49(22-32-55)62(69)76-58-35-25-51(26-36-58)64(71)79-61-18-16-17-52(46-61)65(72)78-60-41-39-59(40-42-60)77-63(70)50-23-33-56(34-24-50)74-44-14-11-12-15-45-75-57-37-29-54(30-38-57)68-67-53-27-19-48(47-66)20-28-53/h16-42,46H,2-15,43-45H2,1H3. The summed E-state index contributed by atoms with van der Waals surface area (Å²) in [4.78, 5) is 51.9. The first-order valence-electron chi connectivity index (χ1n) is 27.0. The van der Waals surface area contributed by atoms with E-state index in [1.165, 1.54) is 118 Å². The minimum atomic E-state index is -0.699. The zero-order chi connectivity index (χ0) is 55.3. The molecule has 0 saturated carbocycles. The fraction of sp³-hybridized carbons (Fsp3) is 0.277. The lowest BCUT2D eigenvalue weighted by Gasteiger charge is -2.09. The van der Waals surface area contributed by atoms with Crippen LogP contribution in [0.15, 0.2) is 180 Å². The van der Waals surface area contributed by atoms with Gasteiger partial charge in [-0.25, -0.2) is 19.2 Å². The first kappa shape index (κ1) is 57.6. The summed E-state index contributed by atoms with van der Waals surface area (Å²) in [5, 5.41) is 17.4. The number of nitriles is 1. The number of carbonyl (C=O) groups is 4. The number of carbonyl (C=O) groups excluding carboxylic acids is 4. The van der Waals surface area contributed by atoms with Crippen molar-refractivity contribution in [3.05, 3.63) is 198 Å². The van der Waals surface area contributed by atoms with Crippen molar-refractivity contribution in [2.24, 2.45) is 10.2 Å². The summed E-state index contributed by atoms with van der Waals surface area (Å²) in [6.45, 7) is 4.00. The lowest BCUT2D eigenvalue weighted by molar-refractivity contribution is 0.0713. The number of nitrogens with zero attached hydrogens (tertiary/aromatic N) is 3.